The number of para-hydroxylation sites is 2. The Bertz CT molecular complexity index is 847. The normalized spacial score (nSPS) is 16.2. The first-order valence-electron chi connectivity index (χ1n) is 7.57. The summed E-state index contributed by atoms with van der Waals surface area (Å²) in [5.41, 5.74) is 0.833. The zero-order valence-electron chi connectivity index (χ0n) is 13.1. The van der Waals surface area contributed by atoms with Crippen LogP contribution >= 0.6 is 0 Å². The largest absolute Gasteiger partial charge is 0.465 e. The maximum absolute atomic E-state index is 12.4. The highest BCUT2D eigenvalue weighted by atomic mass is 16.4. The Morgan fingerprint density at radius 2 is 2.17 bits per heavy atom. The summed E-state index contributed by atoms with van der Waals surface area (Å²) in [5.74, 6) is 0.0791. The third kappa shape index (κ3) is 3.01. The molecule has 3 rings (SSSR count). The maximum atomic E-state index is 12.4. The molecule has 8 nitrogen and oxygen atoms in total. The number of carboxylic acid groups (broad SMARTS) is 1. The molecule has 124 valence electrons. The van der Waals surface area contributed by atoms with Gasteiger partial charge in [-0.3, -0.25) is 4.79 Å². The van der Waals surface area contributed by atoms with E-state index in [0.717, 1.165) is 11.0 Å². The fourth-order valence-corrected chi connectivity index (χ4v) is 2.63. The van der Waals surface area contributed by atoms with Crippen molar-refractivity contribution in [3.05, 3.63) is 30.1 Å². The molecule has 24 heavy (non-hydrogen) atoms. The molecule has 1 atom stereocenters. The number of carbonyl (C=O) groups excluding carboxylic acids is 1. The van der Waals surface area contributed by atoms with Crippen LogP contribution < -0.4 is 10.6 Å². The van der Waals surface area contributed by atoms with Crippen LogP contribution in [0.1, 0.15) is 18.7 Å². The number of nitrogens with one attached hydrogen (secondary N) is 2. The highest BCUT2D eigenvalue weighted by Crippen LogP contribution is 2.34. The van der Waals surface area contributed by atoms with E-state index in [4.69, 9.17) is 10.4 Å². The van der Waals surface area contributed by atoms with E-state index in [9.17, 15) is 9.59 Å². The van der Waals surface area contributed by atoms with Crippen LogP contribution in [0.25, 0.3) is 11.0 Å². The van der Waals surface area contributed by atoms with Crippen molar-refractivity contribution >= 4 is 23.0 Å². The number of nitriles is 1. The van der Waals surface area contributed by atoms with Crippen LogP contribution in [0, 0.1) is 11.3 Å². The number of imidazole rings is 1. The van der Waals surface area contributed by atoms with E-state index in [2.05, 4.69) is 21.7 Å². The lowest BCUT2D eigenvalue weighted by Gasteiger charge is -2.18. The molecule has 2 aromatic rings. The molecule has 1 aromatic heterocycles. The van der Waals surface area contributed by atoms with E-state index in [-0.39, 0.29) is 6.42 Å². The van der Waals surface area contributed by atoms with Crippen LogP contribution in [0.3, 0.4) is 0 Å². The van der Waals surface area contributed by atoms with Crippen molar-refractivity contribution in [3.8, 4) is 6.07 Å². The van der Waals surface area contributed by atoms with Gasteiger partial charge < -0.3 is 20.3 Å². The number of rotatable bonds is 5. The lowest BCUT2D eigenvalue weighted by molar-refractivity contribution is -0.123. The minimum absolute atomic E-state index is 0.102. The molecule has 8 heteroatoms. The Morgan fingerprint density at radius 3 is 2.75 bits per heavy atom. The molecule has 0 bridgehead atoms. The number of hydrogen-bond acceptors (Lipinski definition) is 4. The van der Waals surface area contributed by atoms with Gasteiger partial charge in [0.15, 0.2) is 0 Å². The van der Waals surface area contributed by atoms with Crippen LogP contribution in [-0.2, 0) is 18.3 Å². The number of hydrogen-bond donors (Lipinski definition) is 3. The first-order valence-corrected chi connectivity index (χ1v) is 7.57. The molecule has 1 aliphatic carbocycles. The van der Waals surface area contributed by atoms with E-state index < -0.39 is 23.6 Å². The van der Waals surface area contributed by atoms with Gasteiger partial charge in [-0.1, -0.05) is 12.1 Å². The number of fused-ring (bicyclic) bond motifs is 1. The fraction of sp³-hybridized carbons (Fsp3) is 0.375. The predicted molar refractivity (Wildman–Crippen MR) is 85.1 cm³/mol. The van der Waals surface area contributed by atoms with Gasteiger partial charge >= 0.3 is 6.09 Å². The minimum Gasteiger partial charge on any atom is -0.465 e. The summed E-state index contributed by atoms with van der Waals surface area (Å²) >= 11 is 0. The molecule has 2 amide bonds. The van der Waals surface area contributed by atoms with E-state index >= 15 is 0 Å². The van der Waals surface area contributed by atoms with Crippen LogP contribution in [-0.4, -0.2) is 38.2 Å². The van der Waals surface area contributed by atoms with Gasteiger partial charge in [0.1, 0.15) is 17.4 Å². The van der Waals surface area contributed by atoms with E-state index in [0.29, 0.717) is 18.7 Å². The van der Waals surface area contributed by atoms with Crippen molar-refractivity contribution < 1.29 is 14.7 Å². The highest BCUT2D eigenvalue weighted by Gasteiger charge is 2.45. The second-order valence-corrected chi connectivity index (χ2v) is 5.97. The van der Waals surface area contributed by atoms with Gasteiger partial charge in [-0.25, -0.2) is 9.78 Å². The Labute approximate surface area is 138 Å². The van der Waals surface area contributed by atoms with Crippen LogP contribution in [0.2, 0.25) is 0 Å². The summed E-state index contributed by atoms with van der Waals surface area (Å²) in [6, 6.07) is 8.56. The standard InChI is InChI=1S/C16H17N5O3/c1-21-12-5-3-2-4-10(12)18-13(21)8-11(19-15(23)24)14(22)20-16(9-17)6-7-16/h2-5,11,19H,6-8H2,1H3,(H,20,22)(H,23,24). The highest BCUT2D eigenvalue weighted by molar-refractivity contribution is 5.87. The lowest BCUT2D eigenvalue weighted by atomic mass is 10.1. The minimum atomic E-state index is -1.30. The second kappa shape index (κ2) is 5.85. The first kappa shape index (κ1) is 15.8. The first-order chi connectivity index (χ1) is 11.4. The molecule has 1 fully saturated rings. The van der Waals surface area contributed by atoms with Crippen LogP contribution in [0.5, 0.6) is 0 Å². The van der Waals surface area contributed by atoms with E-state index in [1.165, 1.54) is 0 Å². The second-order valence-electron chi connectivity index (χ2n) is 5.97. The zero-order chi connectivity index (χ0) is 17.3. The molecule has 0 spiro atoms. The van der Waals surface area contributed by atoms with Gasteiger partial charge in [0, 0.05) is 13.5 Å². The van der Waals surface area contributed by atoms with Gasteiger partial charge in [-0.2, -0.15) is 5.26 Å². The van der Waals surface area contributed by atoms with E-state index in [1.54, 1.807) is 0 Å². The predicted octanol–water partition coefficient (Wildman–Crippen LogP) is 0.924. The molecule has 1 aromatic carbocycles. The van der Waals surface area contributed by atoms with E-state index in [1.807, 2.05) is 35.9 Å². The molecule has 3 N–H and O–H groups in total. The molecule has 1 aliphatic rings. The smallest absolute Gasteiger partial charge is 0.405 e. The van der Waals surface area contributed by atoms with Crippen molar-refractivity contribution in [2.45, 2.75) is 30.8 Å². The zero-order valence-corrected chi connectivity index (χ0v) is 13.1. The fourth-order valence-electron chi connectivity index (χ4n) is 2.63. The quantitative estimate of drug-likeness (QED) is 0.754. The average Bonchev–Trinajstić information content (AvgIpc) is 3.26. The van der Waals surface area contributed by atoms with Crippen molar-refractivity contribution in [2.24, 2.45) is 7.05 Å². The molecular formula is C16H17N5O3. The summed E-state index contributed by atoms with van der Waals surface area (Å²) in [5, 5.41) is 22.9. The summed E-state index contributed by atoms with van der Waals surface area (Å²) in [6.45, 7) is 0. The molecule has 0 aliphatic heterocycles. The average molecular weight is 327 g/mol. The summed E-state index contributed by atoms with van der Waals surface area (Å²) in [4.78, 5) is 27.9. The van der Waals surface area contributed by atoms with Crippen LogP contribution in [0.15, 0.2) is 24.3 Å². The van der Waals surface area contributed by atoms with Crippen molar-refractivity contribution in [1.82, 2.24) is 20.2 Å². The van der Waals surface area contributed by atoms with Gasteiger partial charge in [0.05, 0.1) is 17.1 Å². The molecule has 0 radical (unpaired) electrons. The molecule has 1 saturated carbocycles. The summed E-state index contributed by atoms with van der Waals surface area (Å²) in [7, 11) is 1.82. The third-order valence-electron chi connectivity index (χ3n) is 4.21. The Hall–Kier alpha value is -3.08. The third-order valence-corrected chi connectivity index (χ3v) is 4.21. The SMILES string of the molecule is Cn1c(CC(NC(=O)O)C(=O)NC2(C#N)CC2)nc2ccccc21. The molecular weight excluding hydrogens is 310 g/mol. The summed E-state index contributed by atoms with van der Waals surface area (Å²) < 4.78 is 1.83. The van der Waals surface area contributed by atoms with Crippen LogP contribution in [0.4, 0.5) is 4.79 Å². The van der Waals surface area contributed by atoms with Crippen molar-refractivity contribution in [2.75, 3.05) is 0 Å². The lowest BCUT2D eigenvalue weighted by Crippen LogP contribution is -2.51. The number of carbonyl (C=O) groups is 2. The Balaban J connectivity index is 1.83. The maximum Gasteiger partial charge on any atom is 0.405 e. The van der Waals surface area contributed by atoms with Gasteiger partial charge in [0.25, 0.3) is 0 Å². The number of amides is 2. The number of aromatic nitrogens is 2. The number of benzene rings is 1. The number of aryl methyl sites for hydroxylation is 1. The number of nitrogens with zero attached hydrogens (tertiary/aromatic N) is 3. The van der Waals surface area contributed by atoms with Gasteiger partial charge in [-0.05, 0) is 25.0 Å². The summed E-state index contributed by atoms with van der Waals surface area (Å²) in [6.07, 6.45) is -0.0243. The monoisotopic (exact) mass is 327 g/mol. The van der Waals surface area contributed by atoms with Crippen molar-refractivity contribution in [1.29, 1.82) is 5.26 Å². The van der Waals surface area contributed by atoms with Crippen molar-refractivity contribution in [3.63, 3.8) is 0 Å². The molecule has 1 unspecified atom stereocenters. The van der Waals surface area contributed by atoms with Gasteiger partial charge in [0.2, 0.25) is 5.91 Å². The Kier molecular flexibility index (Phi) is 3.85. The molecule has 1 heterocycles. The Morgan fingerprint density at radius 1 is 1.46 bits per heavy atom. The van der Waals surface area contributed by atoms with Gasteiger partial charge in [-0.15, -0.1) is 0 Å². The molecule has 0 saturated heterocycles. The topological polar surface area (TPSA) is 120 Å².